The molecule has 3 amide bonds. The van der Waals surface area contributed by atoms with E-state index >= 15 is 0 Å². The first-order chi connectivity index (χ1) is 10.5. The lowest BCUT2D eigenvalue weighted by molar-refractivity contribution is -0.121. The number of fused-ring (bicyclic) bond motifs is 1. The highest BCUT2D eigenvalue weighted by atomic mass is 16.2. The minimum atomic E-state index is -0.467. The molecule has 0 saturated heterocycles. The fourth-order valence-electron chi connectivity index (χ4n) is 2.88. The van der Waals surface area contributed by atoms with Crippen LogP contribution in [0.4, 0.5) is 10.5 Å². The molecule has 0 saturated carbocycles. The first-order valence-electron chi connectivity index (χ1n) is 7.59. The van der Waals surface area contributed by atoms with Crippen LogP contribution in [0.2, 0.25) is 0 Å². The van der Waals surface area contributed by atoms with Gasteiger partial charge in [-0.1, -0.05) is 25.1 Å². The summed E-state index contributed by atoms with van der Waals surface area (Å²) >= 11 is 0. The van der Waals surface area contributed by atoms with E-state index in [1.54, 1.807) is 0 Å². The van der Waals surface area contributed by atoms with Gasteiger partial charge in [-0.15, -0.1) is 0 Å². The number of carbonyl (C=O) groups is 2. The SMILES string of the molecule is CCC1CN(C)c2ccccc2CN1CC(=O)NC(=O)NC. The maximum atomic E-state index is 12.0. The Morgan fingerprint density at radius 3 is 2.73 bits per heavy atom. The van der Waals surface area contributed by atoms with Crippen molar-refractivity contribution in [3.8, 4) is 0 Å². The van der Waals surface area contributed by atoms with Gasteiger partial charge in [0.05, 0.1) is 6.54 Å². The Balaban J connectivity index is 2.15. The second-order valence-electron chi connectivity index (χ2n) is 5.60. The number of rotatable bonds is 3. The topological polar surface area (TPSA) is 64.7 Å². The normalized spacial score (nSPS) is 18.3. The lowest BCUT2D eigenvalue weighted by Crippen LogP contribution is -2.47. The van der Waals surface area contributed by atoms with Gasteiger partial charge in [0, 0.05) is 38.9 Å². The van der Waals surface area contributed by atoms with Crippen molar-refractivity contribution in [1.29, 1.82) is 0 Å². The molecule has 1 heterocycles. The first kappa shape index (κ1) is 16.3. The van der Waals surface area contributed by atoms with Crippen molar-refractivity contribution in [1.82, 2.24) is 15.5 Å². The molecule has 1 atom stereocenters. The van der Waals surface area contributed by atoms with E-state index in [1.165, 1.54) is 18.3 Å². The number of anilines is 1. The van der Waals surface area contributed by atoms with Gasteiger partial charge in [0.1, 0.15) is 0 Å². The van der Waals surface area contributed by atoms with Crippen LogP contribution in [0.5, 0.6) is 0 Å². The van der Waals surface area contributed by atoms with E-state index in [4.69, 9.17) is 0 Å². The summed E-state index contributed by atoms with van der Waals surface area (Å²) < 4.78 is 0. The zero-order valence-electron chi connectivity index (χ0n) is 13.4. The number of nitrogens with one attached hydrogen (secondary N) is 2. The van der Waals surface area contributed by atoms with Crippen molar-refractivity contribution in [2.45, 2.75) is 25.9 Å². The Labute approximate surface area is 131 Å². The number of nitrogens with zero attached hydrogens (tertiary/aromatic N) is 2. The Morgan fingerprint density at radius 1 is 1.32 bits per heavy atom. The summed E-state index contributed by atoms with van der Waals surface area (Å²) in [4.78, 5) is 27.7. The number of hydrogen-bond acceptors (Lipinski definition) is 4. The molecule has 1 aromatic carbocycles. The summed E-state index contributed by atoms with van der Waals surface area (Å²) in [6, 6.07) is 8.05. The van der Waals surface area contributed by atoms with Gasteiger partial charge >= 0.3 is 6.03 Å². The molecule has 6 nitrogen and oxygen atoms in total. The van der Waals surface area contributed by atoms with Gasteiger partial charge in [0.25, 0.3) is 0 Å². The molecule has 0 radical (unpaired) electrons. The predicted molar refractivity (Wildman–Crippen MR) is 86.8 cm³/mol. The summed E-state index contributed by atoms with van der Waals surface area (Å²) in [5.41, 5.74) is 2.41. The molecule has 2 N–H and O–H groups in total. The highest BCUT2D eigenvalue weighted by Gasteiger charge is 2.26. The molecular formula is C16H24N4O2. The van der Waals surface area contributed by atoms with Crippen LogP contribution in [0.25, 0.3) is 0 Å². The summed E-state index contributed by atoms with van der Waals surface area (Å²) in [6.07, 6.45) is 0.950. The number of amides is 3. The van der Waals surface area contributed by atoms with Crippen LogP contribution in [0.1, 0.15) is 18.9 Å². The molecule has 1 aliphatic heterocycles. The van der Waals surface area contributed by atoms with Gasteiger partial charge in [0.2, 0.25) is 5.91 Å². The van der Waals surface area contributed by atoms with E-state index in [1.807, 2.05) is 12.1 Å². The second-order valence-corrected chi connectivity index (χ2v) is 5.60. The Hall–Kier alpha value is -2.08. The minimum Gasteiger partial charge on any atom is -0.373 e. The van der Waals surface area contributed by atoms with E-state index < -0.39 is 6.03 Å². The molecule has 0 aliphatic carbocycles. The second kappa shape index (κ2) is 7.26. The van der Waals surface area contributed by atoms with E-state index in [-0.39, 0.29) is 18.5 Å². The molecule has 0 spiro atoms. The van der Waals surface area contributed by atoms with Crippen molar-refractivity contribution in [2.24, 2.45) is 0 Å². The zero-order chi connectivity index (χ0) is 16.1. The third kappa shape index (κ3) is 3.76. The van der Waals surface area contributed by atoms with Crippen LogP contribution in [-0.2, 0) is 11.3 Å². The number of imide groups is 1. The maximum Gasteiger partial charge on any atom is 0.321 e. The van der Waals surface area contributed by atoms with Crippen molar-refractivity contribution in [3.05, 3.63) is 29.8 Å². The number of carbonyl (C=O) groups excluding carboxylic acids is 2. The summed E-state index contributed by atoms with van der Waals surface area (Å²) in [5, 5.41) is 4.73. The highest BCUT2D eigenvalue weighted by molar-refractivity contribution is 5.95. The Kier molecular flexibility index (Phi) is 5.38. The quantitative estimate of drug-likeness (QED) is 0.880. The fraction of sp³-hybridized carbons (Fsp3) is 0.500. The third-order valence-electron chi connectivity index (χ3n) is 4.08. The molecule has 1 aliphatic rings. The molecule has 0 aromatic heterocycles. The Morgan fingerprint density at radius 2 is 2.05 bits per heavy atom. The van der Waals surface area contributed by atoms with Crippen LogP contribution < -0.4 is 15.5 Å². The van der Waals surface area contributed by atoms with Crippen LogP contribution in [0.3, 0.4) is 0 Å². The number of benzene rings is 1. The molecule has 120 valence electrons. The molecule has 22 heavy (non-hydrogen) atoms. The van der Waals surface area contributed by atoms with E-state index in [0.717, 1.165) is 13.0 Å². The lowest BCUT2D eigenvalue weighted by Gasteiger charge is -2.29. The standard InChI is InChI=1S/C16H24N4O2/c1-4-13-10-19(3)14-8-6-5-7-12(14)9-20(13)11-15(21)18-16(22)17-2/h5-8,13H,4,9-11H2,1-3H3,(H2,17,18,21,22). The van der Waals surface area contributed by atoms with Crippen molar-refractivity contribution < 1.29 is 9.59 Å². The number of likely N-dealkylation sites (N-methyl/N-ethyl adjacent to an activating group) is 1. The van der Waals surface area contributed by atoms with Crippen LogP contribution in [0.15, 0.2) is 24.3 Å². The van der Waals surface area contributed by atoms with Gasteiger partial charge < -0.3 is 10.2 Å². The summed E-state index contributed by atoms with van der Waals surface area (Å²) in [5.74, 6) is -0.278. The highest BCUT2D eigenvalue weighted by Crippen LogP contribution is 2.26. The van der Waals surface area contributed by atoms with Gasteiger partial charge in [-0.3, -0.25) is 15.0 Å². The fourth-order valence-corrected chi connectivity index (χ4v) is 2.88. The molecule has 0 bridgehead atoms. The van der Waals surface area contributed by atoms with E-state index in [0.29, 0.717) is 6.54 Å². The Bertz CT molecular complexity index is 547. The van der Waals surface area contributed by atoms with Gasteiger partial charge in [0.15, 0.2) is 0 Å². The van der Waals surface area contributed by atoms with Gasteiger partial charge in [-0.2, -0.15) is 0 Å². The van der Waals surface area contributed by atoms with Crippen molar-refractivity contribution in [2.75, 3.05) is 32.1 Å². The van der Waals surface area contributed by atoms with E-state index in [2.05, 4.69) is 46.5 Å². The minimum absolute atomic E-state index is 0.216. The molecule has 1 unspecified atom stereocenters. The summed E-state index contributed by atoms with van der Waals surface area (Å²) in [6.45, 7) is 3.91. The van der Waals surface area contributed by atoms with E-state index in [9.17, 15) is 9.59 Å². The molecular weight excluding hydrogens is 280 g/mol. The van der Waals surface area contributed by atoms with Crippen molar-refractivity contribution in [3.63, 3.8) is 0 Å². The van der Waals surface area contributed by atoms with Gasteiger partial charge in [-0.25, -0.2) is 4.79 Å². The van der Waals surface area contributed by atoms with Crippen LogP contribution in [-0.4, -0.2) is 50.1 Å². The van der Waals surface area contributed by atoms with Crippen LogP contribution >= 0.6 is 0 Å². The maximum absolute atomic E-state index is 12.0. The smallest absolute Gasteiger partial charge is 0.321 e. The van der Waals surface area contributed by atoms with Crippen LogP contribution in [0, 0.1) is 0 Å². The zero-order valence-corrected chi connectivity index (χ0v) is 13.4. The molecule has 1 aromatic rings. The first-order valence-corrected chi connectivity index (χ1v) is 7.59. The summed E-state index contributed by atoms with van der Waals surface area (Å²) in [7, 11) is 3.57. The number of para-hydroxylation sites is 1. The average molecular weight is 304 g/mol. The average Bonchev–Trinajstić information content (AvgIpc) is 2.64. The number of urea groups is 1. The molecule has 0 fully saturated rings. The van der Waals surface area contributed by atoms with Gasteiger partial charge in [-0.05, 0) is 18.1 Å². The van der Waals surface area contributed by atoms with Crippen molar-refractivity contribution >= 4 is 17.6 Å². The largest absolute Gasteiger partial charge is 0.373 e. The monoisotopic (exact) mass is 304 g/mol. The third-order valence-corrected chi connectivity index (χ3v) is 4.08. The predicted octanol–water partition coefficient (Wildman–Crippen LogP) is 1.17. The molecule has 2 rings (SSSR count). The number of hydrogen-bond donors (Lipinski definition) is 2. The lowest BCUT2D eigenvalue weighted by atomic mass is 10.1. The molecule has 6 heteroatoms.